The molecule has 1 aliphatic rings. The maximum absolute atomic E-state index is 5.89. The standard InChI is InChI=1S/C15H23BrN2/c1-11-7-8-18(10-13(11)9-17)12(2)14-5-3-4-6-15(14)16/h3-6,11-13H,7-10,17H2,1-2H3. The Morgan fingerprint density at radius 1 is 1.44 bits per heavy atom. The van der Waals surface area contributed by atoms with E-state index in [1.807, 2.05) is 0 Å². The number of halogens is 1. The summed E-state index contributed by atoms with van der Waals surface area (Å²) in [5, 5.41) is 0. The number of benzene rings is 1. The van der Waals surface area contributed by atoms with Crippen molar-refractivity contribution in [3.05, 3.63) is 34.3 Å². The largest absolute Gasteiger partial charge is 0.330 e. The van der Waals surface area contributed by atoms with Crippen molar-refractivity contribution in [2.45, 2.75) is 26.3 Å². The van der Waals surface area contributed by atoms with Crippen LogP contribution >= 0.6 is 15.9 Å². The summed E-state index contributed by atoms with van der Waals surface area (Å²) in [6, 6.07) is 8.98. The Kier molecular flexibility index (Phi) is 4.82. The molecule has 100 valence electrons. The molecular weight excluding hydrogens is 288 g/mol. The van der Waals surface area contributed by atoms with Gasteiger partial charge in [0.05, 0.1) is 0 Å². The number of nitrogens with zero attached hydrogens (tertiary/aromatic N) is 1. The summed E-state index contributed by atoms with van der Waals surface area (Å²) in [6.07, 6.45) is 1.26. The first-order valence-corrected chi connectivity index (χ1v) is 7.61. The lowest BCUT2D eigenvalue weighted by molar-refractivity contribution is 0.0976. The molecule has 2 N–H and O–H groups in total. The van der Waals surface area contributed by atoms with Crippen LogP contribution in [0.5, 0.6) is 0 Å². The maximum atomic E-state index is 5.89. The minimum atomic E-state index is 0.460. The molecule has 3 heteroatoms. The summed E-state index contributed by atoms with van der Waals surface area (Å²) >= 11 is 3.66. The Morgan fingerprint density at radius 3 is 2.83 bits per heavy atom. The molecule has 1 aromatic rings. The van der Waals surface area contributed by atoms with Crippen LogP contribution in [0.15, 0.2) is 28.7 Å². The number of hydrogen-bond donors (Lipinski definition) is 1. The zero-order valence-electron chi connectivity index (χ0n) is 11.3. The molecule has 1 fully saturated rings. The van der Waals surface area contributed by atoms with Crippen molar-refractivity contribution >= 4 is 15.9 Å². The van der Waals surface area contributed by atoms with Gasteiger partial charge in [-0.1, -0.05) is 41.1 Å². The van der Waals surface area contributed by atoms with Crippen LogP contribution in [-0.4, -0.2) is 24.5 Å². The molecule has 1 heterocycles. The van der Waals surface area contributed by atoms with Crippen molar-refractivity contribution < 1.29 is 0 Å². The van der Waals surface area contributed by atoms with Gasteiger partial charge in [-0.05, 0) is 49.9 Å². The van der Waals surface area contributed by atoms with Crippen LogP contribution in [0.4, 0.5) is 0 Å². The van der Waals surface area contributed by atoms with Crippen LogP contribution in [-0.2, 0) is 0 Å². The summed E-state index contributed by atoms with van der Waals surface area (Å²) in [4.78, 5) is 2.57. The van der Waals surface area contributed by atoms with Crippen LogP contribution < -0.4 is 5.73 Å². The van der Waals surface area contributed by atoms with Gasteiger partial charge in [-0.25, -0.2) is 0 Å². The maximum Gasteiger partial charge on any atom is 0.0331 e. The lowest BCUT2D eigenvalue weighted by Crippen LogP contribution is -2.43. The van der Waals surface area contributed by atoms with Gasteiger partial charge in [-0.2, -0.15) is 0 Å². The fourth-order valence-corrected chi connectivity index (χ4v) is 3.46. The van der Waals surface area contributed by atoms with Gasteiger partial charge < -0.3 is 5.73 Å². The second-order valence-corrected chi connectivity index (χ2v) is 6.31. The predicted octanol–water partition coefficient (Wildman–Crippen LogP) is 3.43. The highest BCUT2D eigenvalue weighted by Crippen LogP contribution is 2.32. The Balaban J connectivity index is 2.10. The SMILES string of the molecule is CC1CCN(C(C)c2ccccc2Br)CC1CN. The molecular formula is C15H23BrN2. The summed E-state index contributed by atoms with van der Waals surface area (Å²) in [6.45, 7) is 7.74. The molecule has 0 saturated carbocycles. The van der Waals surface area contributed by atoms with E-state index in [0.717, 1.165) is 19.0 Å². The van der Waals surface area contributed by atoms with E-state index in [4.69, 9.17) is 5.73 Å². The van der Waals surface area contributed by atoms with Gasteiger partial charge in [0, 0.05) is 17.1 Å². The van der Waals surface area contributed by atoms with Crippen LogP contribution in [0.2, 0.25) is 0 Å². The molecule has 0 bridgehead atoms. The average Bonchev–Trinajstić information content (AvgIpc) is 2.39. The van der Waals surface area contributed by atoms with Crippen molar-refractivity contribution in [3.8, 4) is 0 Å². The van der Waals surface area contributed by atoms with Gasteiger partial charge in [0.15, 0.2) is 0 Å². The summed E-state index contributed by atoms with van der Waals surface area (Å²) < 4.78 is 1.21. The van der Waals surface area contributed by atoms with Gasteiger partial charge >= 0.3 is 0 Å². The second-order valence-electron chi connectivity index (χ2n) is 5.45. The molecule has 2 nitrogen and oxygen atoms in total. The first-order chi connectivity index (χ1) is 8.63. The molecule has 0 spiro atoms. The topological polar surface area (TPSA) is 29.3 Å². The quantitative estimate of drug-likeness (QED) is 0.927. The van der Waals surface area contributed by atoms with Crippen molar-refractivity contribution in [3.63, 3.8) is 0 Å². The monoisotopic (exact) mass is 310 g/mol. The molecule has 0 aliphatic carbocycles. The Morgan fingerprint density at radius 2 is 2.17 bits per heavy atom. The third-order valence-corrected chi connectivity index (χ3v) is 5.07. The number of piperidine rings is 1. The number of hydrogen-bond acceptors (Lipinski definition) is 2. The minimum absolute atomic E-state index is 0.460. The fraction of sp³-hybridized carbons (Fsp3) is 0.600. The normalized spacial score (nSPS) is 27.1. The second kappa shape index (κ2) is 6.18. The summed E-state index contributed by atoms with van der Waals surface area (Å²) in [7, 11) is 0. The Bertz CT molecular complexity index is 394. The molecule has 1 aliphatic heterocycles. The lowest BCUT2D eigenvalue weighted by Gasteiger charge is -2.40. The zero-order valence-corrected chi connectivity index (χ0v) is 12.9. The van der Waals surface area contributed by atoms with E-state index in [0.29, 0.717) is 12.0 Å². The fourth-order valence-electron chi connectivity index (χ4n) is 2.85. The van der Waals surface area contributed by atoms with Gasteiger partial charge in [-0.15, -0.1) is 0 Å². The zero-order chi connectivity index (χ0) is 13.1. The van der Waals surface area contributed by atoms with Crippen molar-refractivity contribution in [1.82, 2.24) is 4.90 Å². The van der Waals surface area contributed by atoms with Gasteiger partial charge in [0.25, 0.3) is 0 Å². The van der Waals surface area contributed by atoms with E-state index < -0.39 is 0 Å². The lowest BCUT2D eigenvalue weighted by atomic mass is 9.86. The van der Waals surface area contributed by atoms with E-state index in [2.05, 4.69) is 58.9 Å². The van der Waals surface area contributed by atoms with E-state index in [1.54, 1.807) is 0 Å². The molecule has 3 unspecified atom stereocenters. The van der Waals surface area contributed by atoms with Gasteiger partial charge in [-0.3, -0.25) is 4.90 Å². The molecule has 3 atom stereocenters. The number of nitrogens with two attached hydrogens (primary N) is 1. The minimum Gasteiger partial charge on any atom is -0.330 e. The third kappa shape index (κ3) is 2.95. The predicted molar refractivity (Wildman–Crippen MR) is 80.5 cm³/mol. The smallest absolute Gasteiger partial charge is 0.0331 e. The molecule has 0 aromatic heterocycles. The first kappa shape index (κ1) is 14.0. The third-order valence-electron chi connectivity index (χ3n) is 4.35. The molecule has 0 radical (unpaired) electrons. The highest BCUT2D eigenvalue weighted by atomic mass is 79.9. The van der Waals surface area contributed by atoms with Gasteiger partial charge in [0.1, 0.15) is 0 Å². The van der Waals surface area contributed by atoms with Crippen LogP contribution in [0.25, 0.3) is 0 Å². The molecule has 1 saturated heterocycles. The number of likely N-dealkylation sites (tertiary alicyclic amines) is 1. The molecule has 0 amide bonds. The van der Waals surface area contributed by atoms with Crippen LogP contribution in [0.3, 0.4) is 0 Å². The van der Waals surface area contributed by atoms with Crippen LogP contribution in [0.1, 0.15) is 31.9 Å². The summed E-state index contributed by atoms with van der Waals surface area (Å²) in [5.74, 6) is 1.40. The highest BCUT2D eigenvalue weighted by Gasteiger charge is 2.28. The number of rotatable bonds is 3. The van der Waals surface area contributed by atoms with Crippen LogP contribution in [0, 0.1) is 11.8 Å². The van der Waals surface area contributed by atoms with E-state index >= 15 is 0 Å². The first-order valence-electron chi connectivity index (χ1n) is 6.82. The van der Waals surface area contributed by atoms with Crippen molar-refractivity contribution in [2.75, 3.05) is 19.6 Å². The highest BCUT2D eigenvalue weighted by molar-refractivity contribution is 9.10. The molecule has 2 rings (SSSR count). The van der Waals surface area contributed by atoms with E-state index in [1.165, 1.54) is 23.0 Å². The van der Waals surface area contributed by atoms with E-state index in [9.17, 15) is 0 Å². The Hall–Kier alpha value is -0.380. The average molecular weight is 311 g/mol. The van der Waals surface area contributed by atoms with E-state index in [-0.39, 0.29) is 0 Å². The Labute approximate surface area is 119 Å². The molecule has 1 aromatic carbocycles. The van der Waals surface area contributed by atoms with Crippen molar-refractivity contribution in [1.29, 1.82) is 0 Å². The van der Waals surface area contributed by atoms with Crippen molar-refractivity contribution in [2.24, 2.45) is 17.6 Å². The summed E-state index contributed by atoms with van der Waals surface area (Å²) in [5.41, 5.74) is 7.27. The molecule has 18 heavy (non-hydrogen) atoms. The van der Waals surface area contributed by atoms with Gasteiger partial charge in [0.2, 0.25) is 0 Å².